The summed E-state index contributed by atoms with van der Waals surface area (Å²) >= 11 is 1.87. The van der Waals surface area contributed by atoms with Crippen molar-refractivity contribution < 1.29 is 0 Å². The van der Waals surface area contributed by atoms with Crippen LogP contribution in [-0.2, 0) is 0 Å². The number of para-hydroxylation sites is 2. The molecule has 3 aromatic heterocycles. The normalized spacial score (nSPS) is 12.1. The molecule has 10 rings (SSSR count). The SMILES string of the molecule is c1ccc(-c2nc(-n3c4ccccc4c4cc5ccc6cc7c(cc6c5cc43)sc3ccccc37)nc3ccccc23)cc1. The highest BCUT2D eigenvalue weighted by atomic mass is 32.1. The summed E-state index contributed by atoms with van der Waals surface area (Å²) < 4.78 is 4.89. The number of fused-ring (bicyclic) bond motifs is 10. The number of hydrogen-bond donors (Lipinski definition) is 0. The summed E-state index contributed by atoms with van der Waals surface area (Å²) in [5.41, 5.74) is 5.16. The van der Waals surface area contributed by atoms with Crippen LogP contribution >= 0.6 is 11.3 Å². The van der Waals surface area contributed by atoms with Gasteiger partial charge in [-0.05, 0) is 64.0 Å². The molecule has 0 N–H and O–H groups in total. The largest absolute Gasteiger partial charge is 0.278 e. The Labute approximate surface area is 256 Å². The lowest BCUT2D eigenvalue weighted by molar-refractivity contribution is 1.01. The first-order valence-electron chi connectivity index (χ1n) is 14.8. The fraction of sp³-hybridized carbons (Fsp3) is 0. The van der Waals surface area contributed by atoms with Crippen molar-refractivity contribution >= 4 is 85.8 Å². The number of thiophene rings is 1. The zero-order chi connectivity index (χ0) is 28.8. The van der Waals surface area contributed by atoms with Crippen LogP contribution in [-0.4, -0.2) is 14.5 Å². The summed E-state index contributed by atoms with van der Waals surface area (Å²) in [5, 5.41) is 11.1. The average molecular weight is 578 g/mol. The third kappa shape index (κ3) is 3.37. The van der Waals surface area contributed by atoms with Crippen molar-refractivity contribution in [2.24, 2.45) is 0 Å². The molecule has 0 amide bonds. The molecular weight excluding hydrogens is 555 g/mol. The monoisotopic (exact) mass is 577 g/mol. The molecule has 0 aliphatic rings. The molecule has 44 heavy (non-hydrogen) atoms. The van der Waals surface area contributed by atoms with Crippen LogP contribution in [0.5, 0.6) is 0 Å². The highest BCUT2D eigenvalue weighted by molar-refractivity contribution is 7.25. The van der Waals surface area contributed by atoms with E-state index in [-0.39, 0.29) is 0 Å². The number of aromatic nitrogens is 3. The maximum Gasteiger partial charge on any atom is 0.235 e. The van der Waals surface area contributed by atoms with Gasteiger partial charge in [0.1, 0.15) is 0 Å². The van der Waals surface area contributed by atoms with Crippen molar-refractivity contribution in [3.8, 4) is 17.2 Å². The van der Waals surface area contributed by atoms with Crippen molar-refractivity contribution in [3.63, 3.8) is 0 Å². The number of hydrogen-bond acceptors (Lipinski definition) is 3. The number of nitrogens with zero attached hydrogens (tertiary/aromatic N) is 3. The van der Waals surface area contributed by atoms with Crippen LogP contribution in [0, 0.1) is 0 Å². The van der Waals surface area contributed by atoms with Gasteiger partial charge in [0, 0.05) is 41.9 Å². The van der Waals surface area contributed by atoms with Gasteiger partial charge < -0.3 is 0 Å². The molecule has 0 radical (unpaired) electrons. The van der Waals surface area contributed by atoms with E-state index in [1.165, 1.54) is 52.5 Å². The minimum atomic E-state index is 0.681. The molecule has 3 heterocycles. The van der Waals surface area contributed by atoms with Crippen LogP contribution in [0.2, 0.25) is 0 Å². The van der Waals surface area contributed by atoms with E-state index < -0.39 is 0 Å². The van der Waals surface area contributed by atoms with E-state index in [0.29, 0.717) is 5.95 Å². The predicted octanol–water partition coefficient (Wildman–Crippen LogP) is 11.1. The first-order valence-corrected chi connectivity index (χ1v) is 15.7. The molecule has 0 bridgehead atoms. The van der Waals surface area contributed by atoms with E-state index in [0.717, 1.165) is 33.2 Å². The van der Waals surface area contributed by atoms with Crippen LogP contribution in [0.15, 0.2) is 140 Å². The van der Waals surface area contributed by atoms with Crippen LogP contribution < -0.4 is 0 Å². The second kappa shape index (κ2) is 8.96. The fourth-order valence-corrected chi connectivity index (χ4v) is 8.06. The molecule has 0 saturated heterocycles. The molecule has 0 fully saturated rings. The second-order valence-corrected chi connectivity index (χ2v) is 12.5. The third-order valence-electron chi connectivity index (χ3n) is 8.96. The van der Waals surface area contributed by atoms with Crippen LogP contribution in [0.1, 0.15) is 0 Å². The van der Waals surface area contributed by atoms with E-state index in [4.69, 9.17) is 9.97 Å². The molecule has 0 atom stereocenters. The first-order chi connectivity index (χ1) is 21.8. The van der Waals surface area contributed by atoms with Gasteiger partial charge in [0.25, 0.3) is 0 Å². The second-order valence-electron chi connectivity index (χ2n) is 11.4. The summed E-state index contributed by atoms with van der Waals surface area (Å²) in [6, 6.07) is 50.0. The van der Waals surface area contributed by atoms with Gasteiger partial charge in [-0.3, -0.25) is 4.57 Å². The van der Waals surface area contributed by atoms with E-state index in [2.05, 4.69) is 132 Å². The molecular formula is C40H23N3S. The van der Waals surface area contributed by atoms with Crippen LogP contribution in [0.4, 0.5) is 0 Å². The zero-order valence-corrected chi connectivity index (χ0v) is 24.3. The van der Waals surface area contributed by atoms with Gasteiger partial charge in [-0.1, -0.05) is 97.1 Å². The molecule has 4 heteroatoms. The molecule has 0 aliphatic carbocycles. The lowest BCUT2D eigenvalue weighted by atomic mass is 9.98. The van der Waals surface area contributed by atoms with Crippen molar-refractivity contribution in [2.75, 3.05) is 0 Å². The lowest BCUT2D eigenvalue weighted by Gasteiger charge is -2.12. The van der Waals surface area contributed by atoms with E-state index in [1.807, 2.05) is 23.5 Å². The number of rotatable bonds is 2. The summed E-state index contributed by atoms with van der Waals surface area (Å²) in [5.74, 6) is 0.681. The lowest BCUT2D eigenvalue weighted by Crippen LogP contribution is -2.03. The van der Waals surface area contributed by atoms with Gasteiger partial charge in [0.05, 0.1) is 22.2 Å². The van der Waals surface area contributed by atoms with Gasteiger partial charge in [-0.25, -0.2) is 9.97 Å². The van der Waals surface area contributed by atoms with Crippen molar-refractivity contribution in [3.05, 3.63) is 140 Å². The maximum atomic E-state index is 5.27. The smallest absolute Gasteiger partial charge is 0.235 e. The first kappa shape index (κ1) is 23.9. The topological polar surface area (TPSA) is 30.7 Å². The van der Waals surface area contributed by atoms with Crippen LogP contribution in [0.3, 0.4) is 0 Å². The summed E-state index contributed by atoms with van der Waals surface area (Å²) in [4.78, 5) is 10.4. The summed E-state index contributed by atoms with van der Waals surface area (Å²) in [6.07, 6.45) is 0. The van der Waals surface area contributed by atoms with E-state index >= 15 is 0 Å². The Morgan fingerprint density at radius 1 is 0.432 bits per heavy atom. The Morgan fingerprint density at radius 3 is 1.98 bits per heavy atom. The van der Waals surface area contributed by atoms with Gasteiger partial charge >= 0.3 is 0 Å². The molecule has 204 valence electrons. The Bertz CT molecular complexity index is 2770. The molecule has 0 aliphatic heterocycles. The highest BCUT2D eigenvalue weighted by Crippen LogP contribution is 2.41. The van der Waals surface area contributed by atoms with Crippen molar-refractivity contribution in [2.45, 2.75) is 0 Å². The van der Waals surface area contributed by atoms with Gasteiger partial charge in [-0.15, -0.1) is 11.3 Å². The average Bonchev–Trinajstić information content (AvgIpc) is 3.61. The predicted molar refractivity (Wildman–Crippen MR) is 187 cm³/mol. The quantitative estimate of drug-likeness (QED) is 0.191. The Morgan fingerprint density at radius 2 is 1.11 bits per heavy atom. The standard InChI is InChI=1S/C40H23N3S/c1-2-10-24(11-3-1)39-29-14-4-7-15-34(29)41-40(42-39)43-35-16-8-5-12-27(35)32-20-25-18-19-26-21-33-28-13-6-9-17-37(28)44-38(33)23-31(26)30(25)22-36(32)43/h1-23H. The minimum absolute atomic E-state index is 0.681. The molecule has 7 aromatic carbocycles. The molecule has 0 saturated carbocycles. The maximum absolute atomic E-state index is 5.27. The molecule has 0 unspecified atom stereocenters. The van der Waals surface area contributed by atoms with Crippen LogP contribution in [0.25, 0.3) is 91.6 Å². The highest BCUT2D eigenvalue weighted by Gasteiger charge is 2.18. The van der Waals surface area contributed by atoms with Gasteiger partial charge in [0.15, 0.2) is 0 Å². The van der Waals surface area contributed by atoms with Gasteiger partial charge in [0.2, 0.25) is 5.95 Å². The van der Waals surface area contributed by atoms with Crippen molar-refractivity contribution in [1.82, 2.24) is 14.5 Å². The molecule has 3 nitrogen and oxygen atoms in total. The minimum Gasteiger partial charge on any atom is -0.278 e. The fourth-order valence-electron chi connectivity index (χ4n) is 6.94. The van der Waals surface area contributed by atoms with E-state index in [9.17, 15) is 0 Å². The Hall–Kier alpha value is -5.58. The third-order valence-corrected chi connectivity index (χ3v) is 10.1. The summed E-state index contributed by atoms with van der Waals surface area (Å²) in [7, 11) is 0. The zero-order valence-electron chi connectivity index (χ0n) is 23.5. The van der Waals surface area contributed by atoms with E-state index in [1.54, 1.807) is 0 Å². The Kier molecular flexibility index (Phi) is 4.87. The van der Waals surface area contributed by atoms with Crippen molar-refractivity contribution in [1.29, 1.82) is 0 Å². The number of benzene rings is 7. The van der Waals surface area contributed by atoms with Gasteiger partial charge in [-0.2, -0.15) is 0 Å². The molecule has 10 aromatic rings. The Balaban J connectivity index is 1.32. The summed E-state index contributed by atoms with van der Waals surface area (Å²) in [6.45, 7) is 0. The molecule has 0 spiro atoms.